The second-order valence-electron chi connectivity index (χ2n) is 17.2. The van der Waals surface area contributed by atoms with Crippen molar-refractivity contribution in [1.82, 2.24) is 0 Å². The van der Waals surface area contributed by atoms with Crippen LogP contribution in [0.1, 0.15) is 62.1 Å². The van der Waals surface area contributed by atoms with Gasteiger partial charge in [-0.3, -0.25) is 28.8 Å². The van der Waals surface area contributed by atoms with Gasteiger partial charge >= 0.3 is 0 Å². The van der Waals surface area contributed by atoms with E-state index in [9.17, 15) is 122 Å². The summed E-state index contributed by atoms with van der Waals surface area (Å²) in [7, 11) is 0. The number of hydrogen-bond donors (Lipinski definition) is 23. The summed E-state index contributed by atoms with van der Waals surface area (Å²) >= 11 is 0. The minimum atomic E-state index is -5.99. The van der Waals surface area contributed by atoms with Crippen LogP contribution in [0.2, 0.25) is 0 Å². The van der Waals surface area contributed by atoms with Crippen LogP contribution in [0.5, 0.6) is 103 Å². The molecule has 6 aromatic rings. The van der Waals surface area contributed by atoms with Gasteiger partial charge in [-0.1, -0.05) is 0 Å². The van der Waals surface area contributed by atoms with Crippen molar-refractivity contribution in [3.8, 4) is 103 Å². The van der Waals surface area contributed by atoms with Gasteiger partial charge in [-0.15, -0.1) is 0 Å². The summed E-state index contributed by atoms with van der Waals surface area (Å²) in [6, 6.07) is -0.489. The van der Waals surface area contributed by atoms with Crippen molar-refractivity contribution in [3.05, 3.63) is 106 Å². The van der Waals surface area contributed by atoms with Gasteiger partial charge in [0.2, 0.25) is 51.3 Å². The van der Waals surface area contributed by atoms with Crippen molar-refractivity contribution in [3.63, 3.8) is 0 Å². The molecule has 1 fully saturated rings. The molecule has 30 nitrogen and oxygen atoms in total. The van der Waals surface area contributed by atoms with E-state index in [4.69, 9.17) is 4.74 Å². The summed E-state index contributed by atoms with van der Waals surface area (Å²) in [5.74, 6) is -52.1. The maximum Gasteiger partial charge on any atom is 0.273 e. The first-order valence-corrected chi connectivity index (χ1v) is 21.1. The van der Waals surface area contributed by atoms with Gasteiger partial charge in [-0.25, -0.2) is 0 Å². The van der Waals surface area contributed by atoms with E-state index >= 15 is 24.0 Å². The molecule has 0 amide bonds. The first kappa shape index (κ1) is 55.3. The molecule has 7 rings (SSSR count). The first-order chi connectivity index (χ1) is 36.0. The zero-order valence-electron chi connectivity index (χ0n) is 38.1. The van der Waals surface area contributed by atoms with E-state index in [0.29, 0.717) is 0 Å². The molecular weight excluding hydrogens is 1060 g/mol. The lowest BCUT2D eigenvalue weighted by Gasteiger charge is -2.64. The molecule has 30 heteroatoms. The average molecular weight is 1090 g/mol. The van der Waals surface area contributed by atoms with Gasteiger partial charge in [0.05, 0.1) is 0 Å². The molecule has 0 aliphatic carbocycles. The molecular formula is C48H36O30. The minimum absolute atomic E-state index is 0.0319. The number of carbonyl (C=O) groups excluding carboxylic acids is 6. The Morgan fingerprint density at radius 2 is 0.500 bits per heavy atom. The topological polar surface area (TPSA) is 577 Å². The SMILES string of the molecule is O=C(c1cc(O)c(O)c(O)c1)C(O)[C@@]1(C(=O)c2cc(O)c(O)c(O)c2)O[C@](O)(C(=O)c2cc(O)c(O)c(O)c2)[C@@](O)(C(=O)c2cc(O)c(O)c(O)c2)[C@](O)(C(=O)c2cc(O)c(O)c(O)c2)[C@@]1(O)C(=O)c1cc(O)c(O)c(O)c1. The van der Waals surface area contributed by atoms with E-state index in [2.05, 4.69) is 0 Å². The van der Waals surface area contributed by atoms with Crippen LogP contribution < -0.4 is 0 Å². The number of benzene rings is 6. The fraction of sp³-hybridized carbons (Fsp3) is 0.125. The van der Waals surface area contributed by atoms with Crippen molar-refractivity contribution in [2.75, 3.05) is 0 Å². The number of carbonyl (C=O) groups is 6. The van der Waals surface area contributed by atoms with E-state index in [1.54, 1.807) is 0 Å². The number of aliphatic hydroxyl groups is 5. The summed E-state index contributed by atoms with van der Waals surface area (Å²) < 4.78 is 5.55. The van der Waals surface area contributed by atoms with E-state index in [-0.39, 0.29) is 72.8 Å². The third-order valence-corrected chi connectivity index (χ3v) is 12.7. The van der Waals surface area contributed by atoms with Gasteiger partial charge in [0, 0.05) is 33.4 Å². The standard InChI is InChI=1S/C48H36O30/c49-19-1-13(2-20(50)32(19)62)31(61)43(73)44(38(68)14-3-21(51)33(63)22(52)4-14)45(74,39(69)15-5-23(53)34(64)24(54)6-15)46(75,40(70)16-7-25(55)35(65)26(56)8-16)47(76,41(71)17-9-27(57)36(66)28(58)10-17)48(77,78-44)42(72)18-11-29(59)37(67)30(60)12-18/h1-12,43,49-60,62-67,73-77H/t43?,44-,45-,46+,47-,48-/m1/s1. The van der Waals surface area contributed by atoms with Crippen molar-refractivity contribution < 1.29 is 151 Å². The molecule has 23 N–H and O–H groups in total. The number of rotatable bonds is 13. The van der Waals surface area contributed by atoms with E-state index in [1.165, 1.54) is 0 Å². The highest BCUT2D eigenvalue weighted by atomic mass is 16.7. The maximum atomic E-state index is 16.0. The van der Waals surface area contributed by atoms with Crippen LogP contribution in [0.25, 0.3) is 0 Å². The molecule has 1 unspecified atom stereocenters. The molecule has 6 aromatic carbocycles. The van der Waals surface area contributed by atoms with Gasteiger partial charge in [0.15, 0.2) is 115 Å². The van der Waals surface area contributed by atoms with Crippen molar-refractivity contribution in [2.45, 2.75) is 34.3 Å². The summed E-state index contributed by atoms with van der Waals surface area (Å²) in [5, 5.41) is 256. The van der Waals surface area contributed by atoms with Crippen LogP contribution >= 0.6 is 0 Å². The third kappa shape index (κ3) is 7.43. The predicted octanol–water partition coefficient (Wildman–Crippen LogP) is -1.00. The number of phenolic OH excluding ortho intramolecular Hbond substituents is 18. The van der Waals surface area contributed by atoms with Crippen LogP contribution in [-0.4, -0.2) is 186 Å². The number of aromatic hydroxyl groups is 18. The number of ketones is 6. The maximum absolute atomic E-state index is 16.0. The Kier molecular flexibility index (Phi) is 12.8. The van der Waals surface area contributed by atoms with Gasteiger partial charge in [-0.2, -0.15) is 0 Å². The van der Waals surface area contributed by atoms with E-state index in [1.807, 2.05) is 0 Å². The second kappa shape index (κ2) is 18.1. The van der Waals surface area contributed by atoms with Gasteiger partial charge in [0.25, 0.3) is 5.79 Å². The highest BCUT2D eigenvalue weighted by molar-refractivity contribution is 6.26. The lowest BCUT2D eigenvalue weighted by molar-refractivity contribution is -0.399. The number of ether oxygens (including phenoxy) is 1. The van der Waals surface area contributed by atoms with Gasteiger partial charge in [-0.05, 0) is 72.8 Å². The van der Waals surface area contributed by atoms with Crippen molar-refractivity contribution in [1.29, 1.82) is 0 Å². The molecule has 0 radical (unpaired) electrons. The quantitative estimate of drug-likeness (QED) is 0.0487. The fourth-order valence-corrected chi connectivity index (χ4v) is 8.74. The van der Waals surface area contributed by atoms with E-state index in [0.717, 1.165) is 0 Å². The molecule has 0 spiro atoms. The molecule has 1 saturated heterocycles. The van der Waals surface area contributed by atoms with Crippen LogP contribution in [0.3, 0.4) is 0 Å². The van der Waals surface area contributed by atoms with Gasteiger partial charge in [0.1, 0.15) is 0 Å². The molecule has 1 aliphatic heterocycles. The van der Waals surface area contributed by atoms with Crippen LogP contribution in [-0.2, 0) is 4.74 Å². The Labute approximate surface area is 428 Å². The van der Waals surface area contributed by atoms with E-state index < -0.39 is 206 Å². The Morgan fingerprint density at radius 3 is 0.769 bits per heavy atom. The molecule has 1 aliphatic rings. The number of hydrogen-bond acceptors (Lipinski definition) is 30. The predicted molar refractivity (Wildman–Crippen MR) is 244 cm³/mol. The molecule has 0 aromatic heterocycles. The number of Topliss-reactive ketones (excluding diaryl/α,β-unsaturated/α-hetero) is 6. The average Bonchev–Trinajstić information content (AvgIpc) is 3.38. The largest absolute Gasteiger partial charge is 0.504 e. The summed E-state index contributed by atoms with van der Waals surface area (Å²) in [5.41, 5.74) is -33.6. The Hall–Kier alpha value is -10.5. The normalized spacial score (nSPS) is 22.3. The van der Waals surface area contributed by atoms with Gasteiger partial charge < -0.3 is 122 Å². The zero-order valence-corrected chi connectivity index (χ0v) is 38.1. The van der Waals surface area contributed by atoms with Crippen molar-refractivity contribution >= 4 is 34.7 Å². The lowest BCUT2D eigenvalue weighted by Crippen LogP contribution is -2.96. The molecule has 78 heavy (non-hydrogen) atoms. The fourth-order valence-electron chi connectivity index (χ4n) is 8.74. The summed E-state index contributed by atoms with van der Waals surface area (Å²) in [6.45, 7) is 0. The van der Waals surface area contributed by atoms with Crippen LogP contribution in [0.15, 0.2) is 72.8 Å². The van der Waals surface area contributed by atoms with Crippen molar-refractivity contribution in [2.24, 2.45) is 0 Å². The van der Waals surface area contributed by atoms with Crippen LogP contribution in [0, 0.1) is 0 Å². The smallest absolute Gasteiger partial charge is 0.273 e. The minimum Gasteiger partial charge on any atom is -0.504 e. The summed E-state index contributed by atoms with van der Waals surface area (Å²) in [4.78, 5) is 93.7. The number of aliphatic hydroxyl groups excluding tert-OH is 1. The molecule has 408 valence electrons. The Balaban J connectivity index is 1.86. The first-order valence-electron chi connectivity index (χ1n) is 21.1. The Bertz CT molecular complexity index is 3350. The molecule has 1 heterocycles. The Morgan fingerprint density at radius 1 is 0.295 bits per heavy atom. The van der Waals surface area contributed by atoms with Crippen LogP contribution in [0.4, 0.5) is 0 Å². The molecule has 6 atom stereocenters. The highest BCUT2D eigenvalue weighted by Gasteiger charge is 2.92. The number of phenols is 18. The second-order valence-corrected chi connectivity index (χ2v) is 17.2. The monoisotopic (exact) mass is 1090 g/mol. The molecule has 0 saturated carbocycles. The molecule has 0 bridgehead atoms. The lowest BCUT2D eigenvalue weighted by atomic mass is 9.49. The third-order valence-electron chi connectivity index (χ3n) is 12.7. The summed E-state index contributed by atoms with van der Waals surface area (Å²) in [6.07, 6.45) is -4.39. The highest BCUT2D eigenvalue weighted by Crippen LogP contribution is 2.61. The zero-order chi connectivity index (χ0) is 58.6.